The number of nitrogens with zero attached hydrogens (tertiary/aromatic N) is 2. The fourth-order valence-corrected chi connectivity index (χ4v) is 2.49. The van der Waals surface area contributed by atoms with Gasteiger partial charge in [0.1, 0.15) is 0 Å². The van der Waals surface area contributed by atoms with Crippen molar-refractivity contribution in [2.75, 3.05) is 18.8 Å². The molecule has 0 spiro atoms. The molecular weight excluding hydrogens is 290 g/mol. The molecule has 2 heterocycles. The molecule has 100 valence electrons. The zero-order chi connectivity index (χ0) is 13.8. The second kappa shape index (κ2) is 6.03. The van der Waals surface area contributed by atoms with Gasteiger partial charge in [-0.05, 0) is 6.07 Å². The van der Waals surface area contributed by atoms with Gasteiger partial charge in [0.2, 0.25) is 5.91 Å². The second-order valence-electron chi connectivity index (χ2n) is 3.71. The molecule has 6 nitrogen and oxygen atoms in total. The Labute approximate surface area is 118 Å². The molecule has 1 fully saturated rings. The molecule has 0 unspecified atom stereocenters. The van der Waals surface area contributed by atoms with Gasteiger partial charge in [-0.15, -0.1) is 0 Å². The summed E-state index contributed by atoms with van der Waals surface area (Å²) in [5.74, 6) is -0.423. The van der Waals surface area contributed by atoms with Crippen molar-refractivity contribution < 1.29 is 14.4 Å². The molecule has 0 saturated carbocycles. The summed E-state index contributed by atoms with van der Waals surface area (Å²) in [5.41, 5.74) is 0.310. The number of carbonyl (C=O) groups excluding carboxylic acids is 3. The number of imide groups is 1. The van der Waals surface area contributed by atoms with E-state index in [4.69, 9.17) is 11.6 Å². The normalized spacial score (nSPS) is 14.9. The van der Waals surface area contributed by atoms with Gasteiger partial charge < -0.3 is 5.32 Å². The highest BCUT2D eigenvalue weighted by Crippen LogP contribution is 2.18. The summed E-state index contributed by atoms with van der Waals surface area (Å²) in [6.07, 6.45) is 2.84. The lowest BCUT2D eigenvalue weighted by atomic mass is 10.2. The Bertz CT molecular complexity index is 522. The lowest BCUT2D eigenvalue weighted by Gasteiger charge is -2.13. The number of hydrogen-bond acceptors (Lipinski definition) is 5. The first kappa shape index (κ1) is 13.8. The van der Waals surface area contributed by atoms with E-state index in [-0.39, 0.29) is 40.9 Å². The number of pyridine rings is 1. The first-order chi connectivity index (χ1) is 9.09. The van der Waals surface area contributed by atoms with Gasteiger partial charge in [-0.2, -0.15) is 0 Å². The Balaban J connectivity index is 1.86. The topological polar surface area (TPSA) is 79.4 Å². The maximum atomic E-state index is 11.8. The molecule has 0 aliphatic carbocycles. The first-order valence-electron chi connectivity index (χ1n) is 5.44. The average molecular weight is 300 g/mol. The molecule has 3 amide bonds. The minimum absolute atomic E-state index is 0.166. The highest BCUT2D eigenvalue weighted by molar-refractivity contribution is 8.14. The lowest BCUT2D eigenvalue weighted by Crippen LogP contribution is -2.37. The minimum atomic E-state index is -0.362. The number of amides is 3. The van der Waals surface area contributed by atoms with E-state index in [9.17, 15) is 14.4 Å². The van der Waals surface area contributed by atoms with Crippen molar-refractivity contribution in [3.63, 3.8) is 0 Å². The van der Waals surface area contributed by atoms with E-state index in [0.29, 0.717) is 5.56 Å². The molecule has 19 heavy (non-hydrogen) atoms. The standard InChI is InChI=1S/C11H10ClN3O3S/c12-8-5-13-2-1-7(8)10(17)14-3-4-15-9(16)6-19-11(15)18/h1-2,5H,3-4,6H2,(H,14,17). The largest absolute Gasteiger partial charge is 0.350 e. The summed E-state index contributed by atoms with van der Waals surface area (Å²) in [5, 5.41) is 2.58. The summed E-state index contributed by atoms with van der Waals surface area (Å²) in [7, 11) is 0. The van der Waals surface area contributed by atoms with Crippen LogP contribution in [-0.2, 0) is 4.79 Å². The van der Waals surface area contributed by atoms with Crippen LogP contribution in [0, 0.1) is 0 Å². The third-order valence-electron chi connectivity index (χ3n) is 2.48. The van der Waals surface area contributed by atoms with Crippen LogP contribution in [0.2, 0.25) is 5.02 Å². The molecule has 0 bridgehead atoms. The van der Waals surface area contributed by atoms with Crippen LogP contribution in [0.5, 0.6) is 0 Å². The Morgan fingerprint density at radius 3 is 2.95 bits per heavy atom. The number of nitrogens with one attached hydrogen (secondary N) is 1. The van der Waals surface area contributed by atoms with E-state index in [1.165, 1.54) is 18.5 Å². The molecule has 1 saturated heterocycles. The van der Waals surface area contributed by atoms with Crippen LogP contribution in [0.1, 0.15) is 10.4 Å². The van der Waals surface area contributed by atoms with Crippen molar-refractivity contribution in [2.45, 2.75) is 0 Å². The van der Waals surface area contributed by atoms with Crippen LogP contribution >= 0.6 is 23.4 Å². The van der Waals surface area contributed by atoms with Crippen LogP contribution in [0.4, 0.5) is 4.79 Å². The van der Waals surface area contributed by atoms with Crippen LogP contribution in [0.25, 0.3) is 0 Å². The van der Waals surface area contributed by atoms with Crippen molar-refractivity contribution in [2.24, 2.45) is 0 Å². The molecule has 1 aliphatic rings. The molecule has 1 aromatic heterocycles. The van der Waals surface area contributed by atoms with Gasteiger partial charge in [0.15, 0.2) is 0 Å². The van der Waals surface area contributed by atoms with E-state index in [0.717, 1.165) is 16.7 Å². The average Bonchev–Trinajstić information content (AvgIpc) is 2.70. The fraction of sp³-hybridized carbons (Fsp3) is 0.273. The third-order valence-corrected chi connectivity index (χ3v) is 3.64. The Hall–Kier alpha value is -1.60. The first-order valence-corrected chi connectivity index (χ1v) is 6.81. The molecule has 1 aliphatic heterocycles. The second-order valence-corrected chi connectivity index (χ2v) is 5.05. The molecule has 0 aromatic carbocycles. The summed E-state index contributed by atoms with van der Waals surface area (Å²) >= 11 is 6.79. The Morgan fingerprint density at radius 2 is 2.32 bits per heavy atom. The van der Waals surface area contributed by atoms with E-state index < -0.39 is 0 Å². The number of rotatable bonds is 4. The van der Waals surface area contributed by atoms with E-state index in [2.05, 4.69) is 10.3 Å². The smallest absolute Gasteiger partial charge is 0.288 e. The number of aromatic nitrogens is 1. The molecule has 0 atom stereocenters. The minimum Gasteiger partial charge on any atom is -0.350 e. The van der Waals surface area contributed by atoms with E-state index in [1.807, 2.05) is 0 Å². The molecule has 1 N–H and O–H groups in total. The van der Waals surface area contributed by atoms with Crippen LogP contribution in [0.15, 0.2) is 18.5 Å². The number of thioether (sulfide) groups is 1. The number of halogens is 1. The Morgan fingerprint density at radius 1 is 1.53 bits per heavy atom. The maximum absolute atomic E-state index is 11.8. The summed E-state index contributed by atoms with van der Waals surface area (Å²) in [6, 6.07) is 1.50. The summed E-state index contributed by atoms with van der Waals surface area (Å²) in [6.45, 7) is 0.356. The molecular formula is C11H10ClN3O3S. The number of carbonyl (C=O) groups is 3. The van der Waals surface area contributed by atoms with Gasteiger partial charge >= 0.3 is 0 Å². The molecule has 1 aromatic rings. The van der Waals surface area contributed by atoms with Crippen molar-refractivity contribution in [3.8, 4) is 0 Å². The van der Waals surface area contributed by atoms with Crippen molar-refractivity contribution in [1.82, 2.24) is 15.2 Å². The zero-order valence-corrected chi connectivity index (χ0v) is 11.3. The highest BCUT2D eigenvalue weighted by Gasteiger charge is 2.29. The van der Waals surface area contributed by atoms with E-state index in [1.54, 1.807) is 0 Å². The van der Waals surface area contributed by atoms with Gasteiger partial charge in [0.25, 0.3) is 11.1 Å². The van der Waals surface area contributed by atoms with Gasteiger partial charge in [0.05, 0.1) is 16.3 Å². The number of hydrogen-bond donors (Lipinski definition) is 1. The van der Waals surface area contributed by atoms with Crippen molar-refractivity contribution in [1.29, 1.82) is 0 Å². The van der Waals surface area contributed by atoms with Crippen LogP contribution in [-0.4, -0.2) is 45.8 Å². The zero-order valence-electron chi connectivity index (χ0n) is 9.76. The molecule has 8 heteroatoms. The van der Waals surface area contributed by atoms with Crippen LogP contribution in [0.3, 0.4) is 0 Å². The van der Waals surface area contributed by atoms with Gasteiger partial charge in [-0.25, -0.2) is 0 Å². The monoisotopic (exact) mass is 299 g/mol. The van der Waals surface area contributed by atoms with Crippen LogP contribution < -0.4 is 5.32 Å². The van der Waals surface area contributed by atoms with Crippen molar-refractivity contribution >= 4 is 40.4 Å². The lowest BCUT2D eigenvalue weighted by molar-refractivity contribution is -0.124. The van der Waals surface area contributed by atoms with Gasteiger partial charge in [0, 0.05) is 25.5 Å². The van der Waals surface area contributed by atoms with E-state index >= 15 is 0 Å². The third kappa shape index (κ3) is 3.24. The fourth-order valence-electron chi connectivity index (χ4n) is 1.53. The molecule has 0 radical (unpaired) electrons. The predicted molar refractivity (Wildman–Crippen MR) is 71.1 cm³/mol. The predicted octanol–water partition coefficient (Wildman–Crippen LogP) is 1.16. The van der Waals surface area contributed by atoms with Gasteiger partial charge in [-0.3, -0.25) is 24.3 Å². The summed E-state index contributed by atoms with van der Waals surface area (Å²) in [4.78, 5) is 39.3. The highest BCUT2D eigenvalue weighted by atomic mass is 35.5. The van der Waals surface area contributed by atoms with Gasteiger partial charge in [-0.1, -0.05) is 23.4 Å². The quantitative estimate of drug-likeness (QED) is 0.902. The molecule has 2 rings (SSSR count). The van der Waals surface area contributed by atoms with Crippen molar-refractivity contribution in [3.05, 3.63) is 29.0 Å². The summed E-state index contributed by atoms with van der Waals surface area (Å²) < 4.78 is 0. The SMILES string of the molecule is O=C(NCCN1C(=O)CSC1=O)c1ccncc1Cl. The maximum Gasteiger partial charge on any atom is 0.288 e. The Kier molecular flexibility index (Phi) is 4.39.